The number of halogens is 5. The first-order valence-corrected chi connectivity index (χ1v) is 11.5. The largest absolute Gasteiger partial charge is 0.422 e. The van der Waals surface area contributed by atoms with Crippen molar-refractivity contribution in [3.05, 3.63) is 47.0 Å². The molecule has 0 aliphatic heterocycles. The van der Waals surface area contributed by atoms with E-state index in [1.54, 1.807) is 0 Å². The number of hydrogen-bond donors (Lipinski definition) is 0. The number of hydrogen-bond acceptors (Lipinski definition) is 0. The Morgan fingerprint density at radius 2 is 1.40 bits per heavy atom. The highest BCUT2D eigenvalue weighted by Crippen LogP contribution is 2.42. The molecule has 2 aliphatic rings. The predicted molar refractivity (Wildman–Crippen MR) is 110 cm³/mol. The molecular formula is C25H33F5. The molecule has 0 atom stereocenters. The van der Waals surface area contributed by atoms with E-state index in [1.165, 1.54) is 38.5 Å². The lowest BCUT2D eigenvalue weighted by Gasteiger charge is -2.37. The van der Waals surface area contributed by atoms with Gasteiger partial charge in [-0.05, 0) is 99.2 Å². The molecule has 0 unspecified atom stereocenters. The molecule has 0 radical (unpaired) electrons. The lowest BCUT2D eigenvalue weighted by atomic mass is 9.68. The first-order valence-electron chi connectivity index (χ1n) is 11.5. The van der Waals surface area contributed by atoms with Gasteiger partial charge in [-0.2, -0.15) is 13.2 Å². The van der Waals surface area contributed by atoms with Gasteiger partial charge in [0.2, 0.25) is 0 Å². The number of benzene rings is 1. The van der Waals surface area contributed by atoms with Gasteiger partial charge < -0.3 is 0 Å². The molecule has 2 fully saturated rings. The molecule has 1 aromatic carbocycles. The smallest absolute Gasteiger partial charge is 0.206 e. The first-order chi connectivity index (χ1) is 14.3. The van der Waals surface area contributed by atoms with E-state index in [-0.39, 0.29) is 0 Å². The minimum atomic E-state index is -5.00. The van der Waals surface area contributed by atoms with E-state index >= 15 is 0 Å². The number of alkyl halides is 3. The third-order valence-electron chi connectivity index (χ3n) is 7.25. The fraction of sp³-hybridized carbons (Fsp3) is 0.680. The normalized spacial score (nSPS) is 28.2. The Hall–Kier alpha value is -1.39. The molecule has 2 saturated carbocycles. The fourth-order valence-electron chi connectivity index (χ4n) is 5.50. The molecule has 0 N–H and O–H groups in total. The summed E-state index contributed by atoms with van der Waals surface area (Å²) in [5.41, 5.74) is -1.47. The molecule has 3 rings (SSSR count). The molecule has 0 aromatic heterocycles. The molecule has 0 heterocycles. The second-order valence-electron chi connectivity index (χ2n) is 9.26. The monoisotopic (exact) mass is 428 g/mol. The van der Waals surface area contributed by atoms with Crippen LogP contribution >= 0.6 is 0 Å². The van der Waals surface area contributed by atoms with Crippen LogP contribution in [0.3, 0.4) is 0 Å². The molecule has 0 spiro atoms. The maximum absolute atomic E-state index is 13.8. The third kappa shape index (κ3) is 6.07. The van der Waals surface area contributed by atoms with E-state index < -0.39 is 23.4 Å². The maximum Gasteiger partial charge on any atom is 0.422 e. The second kappa shape index (κ2) is 10.3. The van der Waals surface area contributed by atoms with Crippen LogP contribution in [0.15, 0.2) is 24.3 Å². The summed E-state index contributed by atoms with van der Waals surface area (Å²) >= 11 is 0. The van der Waals surface area contributed by atoms with Crippen LogP contribution in [0, 0.1) is 35.3 Å². The van der Waals surface area contributed by atoms with Crippen molar-refractivity contribution in [3.8, 4) is 0 Å². The van der Waals surface area contributed by atoms with E-state index in [4.69, 9.17) is 0 Å². The third-order valence-corrected chi connectivity index (χ3v) is 7.25. The van der Waals surface area contributed by atoms with Crippen molar-refractivity contribution in [1.29, 1.82) is 0 Å². The summed E-state index contributed by atoms with van der Waals surface area (Å²) in [7, 11) is 0. The van der Waals surface area contributed by atoms with Crippen LogP contribution in [-0.4, -0.2) is 0 Å². The maximum atomic E-state index is 13.8. The topological polar surface area (TPSA) is 0 Å². The van der Waals surface area contributed by atoms with E-state index in [0.717, 1.165) is 55.6 Å². The van der Waals surface area contributed by atoms with Gasteiger partial charge in [-0.3, -0.25) is 0 Å². The Morgan fingerprint density at radius 1 is 0.867 bits per heavy atom. The van der Waals surface area contributed by atoms with Crippen molar-refractivity contribution >= 4 is 0 Å². The van der Waals surface area contributed by atoms with Crippen molar-refractivity contribution in [3.63, 3.8) is 0 Å². The molecule has 0 bridgehead atoms. The predicted octanol–water partition coefficient (Wildman–Crippen LogP) is 8.50. The summed E-state index contributed by atoms with van der Waals surface area (Å²) < 4.78 is 65.6. The van der Waals surface area contributed by atoms with Crippen molar-refractivity contribution in [1.82, 2.24) is 0 Å². The van der Waals surface area contributed by atoms with Crippen molar-refractivity contribution in [2.24, 2.45) is 23.7 Å². The van der Waals surface area contributed by atoms with E-state index in [9.17, 15) is 22.0 Å². The summed E-state index contributed by atoms with van der Waals surface area (Å²) in [6, 6.07) is 1.70. The van der Waals surface area contributed by atoms with Gasteiger partial charge in [0.05, 0.1) is 0 Å². The molecule has 0 amide bonds. The molecule has 2 aliphatic carbocycles. The Kier molecular flexibility index (Phi) is 7.98. The summed E-state index contributed by atoms with van der Waals surface area (Å²) in [5.74, 6) is -0.148. The molecule has 30 heavy (non-hydrogen) atoms. The highest BCUT2D eigenvalue weighted by atomic mass is 19.4. The molecule has 1 aromatic rings. The zero-order chi connectivity index (χ0) is 21.7. The fourth-order valence-corrected chi connectivity index (χ4v) is 5.50. The molecule has 168 valence electrons. The Bertz CT molecular complexity index is 682. The van der Waals surface area contributed by atoms with Gasteiger partial charge in [0.25, 0.3) is 0 Å². The SMILES string of the molecule is CC/C=C/C1CCC(C2CCC(CCc3cc(F)c(C(F)(F)F)c(F)c3)CC2)CC1. The Morgan fingerprint density at radius 3 is 1.90 bits per heavy atom. The molecule has 0 saturated heterocycles. The molecular weight excluding hydrogens is 395 g/mol. The van der Waals surface area contributed by atoms with Crippen LogP contribution in [0.1, 0.15) is 82.3 Å². The number of aryl methyl sites for hydroxylation is 1. The van der Waals surface area contributed by atoms with E-state index in [0.29, 0.717) is 17.9 Å². The highest BCUT2D eigenvalue weighted by molar-refractivity contribution is 5.28. The van der Waals surface area contributed by atoms with Gasteiger partial charge in [-0.25, -0.2) is 8.78 Å². The summed E-state index contributed by atoms with van der Waals surface area (Å²) in [6.07, 6.45) is 11.9. The average molecular weight is 429 g/mol. The van der Waals surface area contributed by atoms with E-state index in [2.05, 4.69) is 19.1 Å². The molecule has 5 heteroatoms. The molecule has 0 nitrogen and oxygen atoms in total. The lowest BCUT2D eigenvalue weighted by Crippen LogP contribution is -2.25. The minimum absolute atomic E-state index is 0.318. The van der Waals surface area contributed by atoms with Crippen molar-refractivity contribution in [2.75, 3.05) is 0 Å². The van der Waals surface area contributed by atoms with E-state index in [1.807, 2.05) is 0 Å². The zero-order valence-electron chi connectivity index (χ0n) is 17.8. The quantitative estimate of drug-likeness (QED) is 0.315. The summed E-state index contributed by atoms with van der Waals surface area (Å²) in [5, 5.41) is 0. The Labute approximate surface area is 176 Å². The van der Waals surface area contributed by atoms with Crippen LogP contribution in [0.5, 0.6) is 0 Å². The van der Waals surface area contributed by atoms with Crippen LogP contribution in [0.4, 0.5) is 22.0 Å². The highest BCUT2D eigenvalue weighted by Gasteiger charge is 2.38. The zero-order valence-corrected chi connectivity index (χ0v) is 17.8. The average Bonchev–Trinajstić information content (AvgIpc) is 2.70. The van der Waals surface area contributed by atoms with Gasteiger partial charge in [-0.15, -0.1) is 0 Å². The number of rotatable bonds is 6. The van der Waals surface area contributed by atoms with Crippen LogP contribution in [0.2, 0.25) is 0 Å². The lowest BCUT2D eigenvalue weighted by molar-refractivity contribution is -0.142. The first kappa shape index (κ1) is 23.3. The summed E-state index contributed by atoms with van der Waals surface area (Å²) in [4.78, 5) is 0. The second-order valence-corrected chi connectivity index (χ2v) is 9.26. The van der Waals surface area contributed by atoms with Crippen LogP contribution < -0.4 is 0 Å². The van der Waals surface area contributed by atoms with Crippen molar-refractivity contribution in [2.45, 2.75) is 83.7 Å². The van der Waals surface area contributed by atoms with Crippen molar-refractivity contribution < 1.29 is 22.0 Å². The van der Waals surface area contributed by atoms with Crippen LogP contribution in [-0.2, 0) is 12.6 Å². The number of allylic oxidation sites excluding steroid dienone is 2. The van der Waals surface area contributed by atoms with Crippen LogP contribution in [0.25, 0.3) is 0 Å². The van der Waals surface area contributed by atoms with Gasteiger partial charge in [0.1, 0.15) is 17.2 Å². The Balaban J connectivity index is 1.44. The standard InChI is InChI=1S/C25H33F5/c1-2-3-4-17-7-11-20(12-8-17)21-13-9-18(10-14-21)5-6-19-15-22(26)24(23(27)16-19)25(28,29)30/h3-4,15-18,20-21H,2,5-14H2,1H3/b4-3+. The van der Waals surface area contributed by atoms with Gasteiger partial charge in [0, 0.05) is 0 Å². The van der Waals surface area contributed by atoms with Gasteiger partial charge in [0.15, 0.2) is 0 Å². The van der Waals surface area contributed by atoms with Gasteiger partial charge >= 0.3 is 6.18 Å². The van der Waals surface area contributed by atoms with Gasteiger partial charge in [-0.1, -0.05) is 31.9 Å². The minimum Gasteiger partial charge on any atom is -0.206 e. The summed E-state index contributed by atoms with van der Waals surface area (Å²) in [6.45, 7) is 2.17.